The lowest BCUT2D eigenvalue weighted by Crippen LogP contribution is -2.27. The lowest BCUT2D eigenvalue weighted by Gasteiger charge is -2.10. The van der Waals surface area contributed by atoms with Crippen molar-refractivity contribution in [2.24, 2.45) is 0 Å². The van der Waals surface area contributed by atoms with E-state index in [1.165, 1.54) is 12.1 Å². The summed E-state index contributed by atoms with van der Waals surface area (Å²) in [6, 6.07) is 3.48. The summed E-state index contributed by atoms with van der Waals surface area (Å²) in [7, 11) is 3.89. The minimum Gasteiger partial charge on any atom is -0.508 e. The van der Waals surface area contributed by atoms with Crippen molar-refractivity contribution >= 4 is 5.91 Å². The Morgan fingerprint density at radius 2 is 2.18 bits per heavy atom. The van der Waals surface area contributed by atoms with E-state index in [4.69, 9.17) is 5.11 Å². The lowest BCUT2D eigenvalue weighted by molar-refractivity contribution is 0.0948. The molecule has 5 heteroatoms. The van der Waals surface area contributed by atoms with Crippen LogP contribution in [0.1, 0.15) is 16.8 Å². The summed E-state index contributed by atoms with van der Waals surface area (Å²) in [6.07, 6.45) is 0.804. The molecule has 0 saturated heterocycles. The van der Waals surface area contributed by atoms with Crippen LogP contribution in [0.5, 0.6) is 5.75 Å². The molecular weight excluding hydrogens is 223 g/mol. The first-order valence-electron chi connectivity index (χ1n) is 5.42. The Morgan fingerprint density at radius 3 is 2.76 bits per heavy atom. The van der Waals surface area contributed by atoms with E-state index in [0.29, 0.717) is 6.54 Å². The summed E-state index contributed by atoms with van der Waals surface area (Å²) >= 11 is 0. The van der Waals surface area contributed by atoms with Crippen molar-refractivity contribution < 1.29 is 14.3 Å². The van der Waals surface area contributed by atoms with Gasteiger partial charge in [0.1, 0.15) is 11.6 Å². The third-order valence-corrected chi connectivity index (χ3v) is 2.26. The Kier molecular flexibility index (Phi) is 4.90. The first kappa shape index (κ1) is 13.4. The first-order valence-corrected chi connectivity index (χ1v) is 5.42. The van der Waals surface area contributed by atoms with Crippen LogP contribution in [0.15, 0.2) is 18.2 Å². The van der Waals surface area contributed by atoms with Gasteiger partial charge in [-0.05, 0) is 39.2 Å². The van der Waals surface area contributed by atoms with Crippen molar-refractivity contribution in [2.45, 2.75) is 6.42 Å². The molecule has 1 aromatic rings. The van der Waals surface area contributed by atoms with E-state index in [1.54, 1.807) is 0 Å². The normalized spacial score (nSPS) is 10.6. The van der Waals surface area contributed by atoms with Gasteiger partial charge in [-0.2, -0.15) is 0 Å². The molecule has 0 atom stereocenters. The minimum atomic E-state index is -0.713. The fourth-order valence-corrected chi connectivity index (χ4v) is 1.38. The van der Waals surface area contributed by atoms with E-state index < -0.39 is 11.7 Å². The van der Waals surface area contributed by atoms with Crippen LogP contribution >= 0.6 is 0 Å². The number of carbonyl (C=O) groups is 1. The molecule has 1 amide bonds. The molecule has 0 bridgehead atoms. The summed E-state index contributed by atoms with van der Waals surface area (Å²) in [6.45, 7) is 1.36. The summed E-state index contributed by atoms with van der Waals surface area (Å²) in [4.78, 5) is 13.6. The first-order chi connectivity index (χ1) is 8.00. The van der Waals surface area contributed by atoms with Crippen LogP contribution in [-0.4, -0.2) is 43.1 Å². The quantitative estimate of drug-likeness (QED) is 0.761. The second-order valence-corrected chi connectivity index (χ2v) is 4.08. The highest BCUT2D eigenvalue weighted by atomic mass is 19.1. The zero-order chi connectivity index (χ0) is 12.8. The number of halogens is 1. The Balaban J connectivity index is 2.47. The van der Waals surface area contributed by atoms with Crippen molar-refractivity contribution in [1.82, 2.24) is 10.2 Å². The average molecular weight is 240 g/mol. The van der Waals surface area contributed by atoms with Crippen LogP contribution in [0, 0.1) is 5.82 Å². The monoisotopic (exact) mass is 240 g/mol. The number of hydrogen-bond acceptors (Lipinski definition) is 3. The molecule has 0 aromatic heterocycles. The fourth-order valence-electron chi connectivity index (χ4n) is 1.38. The molecule has 0 unspecified atom stereocenters. The van der Waals surface area contributed by atoms with Crippen LogP contribution in [0.3, 0.4) is 0 Å². The van der Waals surface area contributed by atoms with Gasteiger partial charge in [-0.15, -0.1) is 0 Å². The van der Waals surface area contributed by atoms with Crippen molar-refractivity contribution in [1.29, 1.82) is 0 Å². The van der Waals surface area contributed by atoms with Gasteiger partial charge < -0.3 is 15.3 Å². The van der Waals surface area contributed by atoms with Gasteiger partial charge in [-0.3, -0.25) is 4.79 Å². The molecule has 2 N–H and O–H groups in total. The smallest absolute Gasteiger partial charge is 0.254 e. The summed E-state index contributed by atoms with van der Waals surface area (Å²) in [5.74, 6) is -1.36. The highest BCUT2D eigenvalue weighted by molar-refractivity contribution is 5.94. The van der Waals surface area contributed by atoms with Gasteiger partial charge in [0.2, 0.25) is 0 Å². The van der Waals surface area contributed by atoms with E-state index in [-0.39, 0.29) is 11.3 Å². The molecule has 0 saturated carbocycles. The maximum absolute atomic E-state index is 13.3. The van der Waals surface area contributed by atoms with E-state index >= 15 is 0 Å². The van der Waals surface area contributed by atoms with Gasteiger partial charge >= 0.3 is 0 Å². The zero-order valence-electron chi connectivity index (χ0n) is 10.0. The lowest BCUT2D eigenvalue weighted by atomic mass is 10.2. The Bertz CT molecular complexity index is 394. The van der Waals surface area contributed by atoms with Gasteiger partial charge in [0, 0.05) is 12.6 Å². The summed E-state index contributed by atoms with van der Waals surface area (Å²) in [5.41, 5.74) is -0.0485. The van der Waals surface area contributed by atoms with E-state index in [1.807, 2.05) is 19.0 Å². The van der Waals surface area contributed by atoms with E-state index in [2.05, 4.69) is 5.32 Å². The number of phenolic OH excluding ortho intramolecular Hbond substituents is 1. The topological polar surface area (TPSA) is 52.6 Å². The summed E-state index contributed by atoms with van der Waals surface area (Å²) in [5, 5.41) is 11.6. The Hall–Kier alpha value is -1.62. The molecule has 0 heterocycles. The highest BCUT2D eigenvalue weighted by Gasteiger charge is 2.11. The molecule has 4 nitrogen and oxygen atoms in total. The van der Waals surface area contributed by atoms with Crippen molar-refractivity contribution in [3.8, 4) is 5.75 Å². The van der Waals surface area contributed by atoms with Gasteiger partial charge in [-0.25, -0.2) is 4.39 Å². The van der Waals surface area contributed by atoms with Crippen LogP contribution in [0.4, 0.5) is 4.39 Å². The molecule has 94 valence electrons. The molecule has 0 aliphatic carbocycles. The highest BCUT2D eigenvalue weighted by Crippen LogP contribution is 2.14. The third kappa shape index (κ3) is 4.40. The average Bonchev–Trinajstić information content (AvgIpc) is 2.23. The molecule has 0 aliphatic heterocycles. The SMILES string of the molecule is CN(C)CCCNC(=O)c1ccc(O)cc1F. The molecule has 0 fully saturated rings. The van der Waals surface area contributed by atoms with Crippen LogP contribution < -0.4 is 5.32 Å². The second-order valence-electron chi connectivity index (χ2n) is 4.08. The number of nitrogens with one attached hydrogen (secondary N) is 1. The molecule has 0 aliphatic rings. The van der Waals surface area contributed by atoms with Gasteiger partial charge in [0.05, 0.1) is 5.56 Å². The Labute approximate surface area is 100 Å². The number of hydrogen-bond donors (Lipinski definition) is 2. The van der Waals surface area contributed by atoms with Gasteiger partial charge in [0.15, 0.2) is 0 Å². The number of rotatable bonds is 5. The summed E-state index contributed by atoms with van der Waals surface area (Å²) < 4.78 is 13.3. The number of amides is 1. The van der Waals surface area contributed by atoms with Crippen molar-refractivity contribution in [3.63, 3.8) is 0 Å². The van der Waals surface area contributed by atoms with E-state index in [9.17, 15) is 9.18 Å². The maximum atomic E-state index is 13.3. The van der Waals surface area contributed by atoms with Gasteiger partial charge in [-0.1, -0.05) is 0 Å². The Morgan fingerprint density at radius 1 is 1.47 bits per heavy atom. The van der Waals surface area contributed by atoms with Crippen LogP contribution in [0.25, 0.3) is 0 Å². The number of phenols is 1. The third-order valence-electron chi connectivity index (χ3n) is 2.26. The molecule has 1 rings (SSSR count). The predicted molar refractivity (Wildman–Crippen MR) is 63.6 cm³/mol. The number of nitrogens with zero attached hydrogens (tertiary/aromatic N) is 1. The molecule has 17 heavy (non-hydrogen) atoms. The molecule has 0 radical (unpaired) electrons. The predicted octanol–water partition coefficient (Wildman–Crippen LogP) is 1.21. The minimum absolute atomic E-state index is 0.0485. The standard InChI is InChI=1S/C12H17FN2O2/c1-15(2)7-3-6-14-12(17)10-5-4-9(16)8-11(10)13/h4-5,8,16H,3,6-7H2,1-2H3,(H,14,17). The molecule has 0 spiro atoms. The van der Waals surface area contributed by atoms with Crippen LogP contribution in [-0.2, 0) is 0 Å². The maximum Gasteiger partial charge on any atom is 0.254 e. The fraction of sp³-hybridized carbons (Fsp3) is 0.417. The van der Waals surface area contributed by atoms with E-state index in [0.717, 1.165) is 19.0 Å². The molecule has 1 aromatic carbocycles. The van der Waals surface area contributed by atoms with Crippen LogP contribution in [0.2, 0.25) is 0 Å². The van der Waals surface area contributed by atoms with Gasteiger partial charge in [0.25, 0.3) is 5.91 Å². The zero-order valence-corrected chi connectivity index (χ0v) is 10.0. The second kappa shape index (κ2) is 6.20. The number of benzene rings is 1. The number of carbonyl (C=O) groups excluding carboxylic acids is 1. The van der Waals surface area contributed by atoms with Crippen molar-refractivity contribution in [3.05, 3.63) is 29.6 Å². The largest absolute Gasteiger partial charge is 0.508 e. The number of aromatic hydroxyl groups is 1. The van der Waals surface area contributed by atoms with Crippen molar-refractivity contribution in [2.75, 3.05) is 27.2 Å². The molecular formula is C12H17FN2O2.